The highest BCUT2D eigenvalue weighted by Gasteiger charge is 2.22. The standard InChI is InChI=1S/C23H25N3O3/c1-17-7-8-19-14-20(22(27)24-21(19)13-17)15-25-9-11-26(12-10-25)23(28)29-16-18-5-3-2-4-6-18/h2-8,13-14H,9-12,15-16H2,1H3,(H,24,27). The van der Waals surface area contributed by atoms with Crippen LogP contribution in [0.15, 0.2) is 59.4 Å². The molecule has 150 valence electrons. The molecule has 0 unspecified atom stereocenters. The molecule has 1 N–H and O–H groups in total. The minimum Gasteiger partial charge on any atom is -0.445 e. The molecule has 3 aromatic rings. The van der Waals surface area contributed by atoms with Gasteiger partial charge in [-0.05, 0) is 35.6 Å². The predicted molar refractivity (Wildman–Crippen MR) is 113 cm³/mol. The molecule has 0 radical (unpaired) electrons. The molecule has 1 amide bonds. The number of carbonyl (C=O) groups is 1. The summed E-state index contributed by atoms with van der Waals surface area (Å²) in [6.07, 6.45) is -0.285. The Bertz CT molecular complexity index is 1050. The van der Waals surface area contributed by atoms with Crippen molar-refractivity contribution < 1.29 is 9.53 Å². The quantitative estimate of drug-likeness (QED) is 0.741. The van der Waals surface area contributed by atoms with Gasteiger partial charge in [0.25, 0.3) is 5.56 Å². The zero-order valence-electron chi connectivity index (χ0n) is 16.6. The van der Waals surface area contributed by atoms with Gasteiger partial charge in [-0.3, -0.25) is 9.69 Å². The number of pyridine rings is 1. The zero-order valence-corrected chi connectivity index (χ0v) is 16.6. The summed E-state index contributed by atoms with van der Waals surface area (Å²) in [6.45, 7) is 5.49. The van der Waals surface area contributed by atoms with Gasteiger partial charge in [0.1, 0.15) is 6.61 Å². The van der Waals surface area contributed by atoms with Crippen LogP contribution in [0.5, 0.6) is 0 Å². The number of aromatic amines is 1. The topological polar surface area (TPSA) is 65.6 Å². The van der Waals surface area contributed by atoms with Gasteiger partial charge in [-0.2, -0.15) is 0 Å². The van der Waals surface area contributed by atoms with Crippen LogP contribution in [-0.4, -0.2) is 47.1 Å². The van der Waals surface area contributed by atoms with Crippen LogP contribution >= 0.6 is 0 Å². The second-order valence-corrected chi connectivity index (χ2v) is 7.52. The Morgan fingerprint density at radius 2 is 1.79 bits per heavy atom. The summed E-state index contributed by atoms with van der Waals surface area (Å²) in [6, 6.07) is 17.7. The van der Waals surface area contributed by atoms with E-state index in [-0.39, 0.29) is 18.3 Å². The third kappa shape index (κ3) is 4.66. The third-order valence-corrected chi connectivity index (χ3v) is 5.31. The smallest absolute Gasteiger partial charge is 0.410 e. The van der Waals surface area contributed by atoms with Gasteiger partial charge in [0.15, 0.2) is 0 Å². The van der Waals surface area contributed by atoms with Gasteiger partial charge in [0.05, 0.1) is 0 Å². The molecule has 1 aliphatic heterocycles. The number of hydrogen-bond acceptors (Lipinski definition) is 4. The normalized spacial score (nSPS) is 14.9. The van der Waals surface area contributed by atoms with Gasteiger partial charge in [-0.15, -0.1) is 0 Å². The molecule has 1 aliphatic rings. The average molecular weight is 391 g/mol. The predicted octanol–water partition coefficient (Wildman–Crippen LogP) is 3.29. The maximum Gasteiger partial charge on any atom is 0.410 e. The molecule has 6 heteroatoms. The van der Waals surface area contributed by atoms with E-state index in [1.165, 1.54) is 0 Å². The molecule has 29 heavy (non-hydrogen) atoms. The van der Waals surface area contributed by atoms with Crippen molar-refractivity contribution in [2.45, 2.75) is 20.1 Å². The molecule has 1 fully saturated rings. The summed E-state index contributed by atoms with van der Waals surface area (Å²) >= 11 is 0. The molecule has 2 aromatic carbocycles. The van der Waals surface area contributed by atoms with Gasteiger partial charge in [-0.25, -0.2) is 4.79 Å². The highest BCUT2D eigenvalue weighted by molar-refractivity contribution is 5.79. The van der Waals surface area contributed by atoms with Crippen LogP contribution in [-0.2, 0) is 17.9 Å². The molecule has 1 saturated heterocycles. The number of aryl methyl sites for hydroxylation is 1. The lowest BCUT2D eigenvalue weighted by Gasteiger charge is -2.33. The number of ether oxygens (including phenoxy) is 1. The maximum atomic E-state index is 12.4. The lowest BCUT2D eigenvalue weighted by Crippen LogP contribution is -2.48. The van der Waals surface area contributed by atoms with Crippen LogP contribution < -0.4 is 5.56 Å². The Balaban J connectivity index is 1.32. The highest BCUT2D eigenvalue weighted by atomic mass is 16.6. The third-order valence-electron chi connectivity index (χ3n) is 5.31. The number of rotatable bonds is 4. The van der Waals surface area contributed by atoms with Crippen LogP contribution in [0.2, 0.25) is 0 Å². The van der Waals surface area contributed by atoms with Crippen LogP contribution in [0.25, 0.3) is 10.9 Å². The van der Waals surface area contributed by atoms with Crippen LogP contribution in [0.3, 0.4) is 0 Å². The number of piperazine rings is 1. The van der Waals surface area contributed by atoms with Crippen molar-refractivity contribution in [1.29, 1.82) is 0 Å². The van der Waals surface area contributed by atoms with Gasteiger partial charge in [0.2, 0.25) is 0 Å². The Morgan fingerprint density at radius 3 is 2.55 bits per heavy atom. The fraction of sp³-hybridized carbons (Fsp3) is 0.304. The number of nitrogens with one attached hydrogen (secondary N) is 1. The lowest BCUT2D eigenvalue weighted by atomic mass is 10.1. The van der Waals surface area contributed by atoms with Crippen molar-refractivity contribution in [3.63, 3.8) is 0 Å². The van der Waals surface area contributed by atoms with Gasteiger partial charge in [0, 0.05) is 43.8 Å². The van der Waals surface area contributed by atoms with E-state index in [1.54, 1.807) is 4.90 Å². The number of hydrogen-bond donors (Lipinski definition) is 1. The summed E-state index contributed by atoms with van der Waals surface area (Å²) in [5.74, 6) is 0. The molecule has 1 aromatic heterocycles. The van der Waals surface area contributed by atoms with Crippen molar-refractivity contribution in [2.24, 2.45) is 0 Å². The number of benzene rings is 2. The number of aromatic nitrogens is 1. The number of nitrogens with zero attached hydrogens (tertiary/aromatic N) is 2. The van der Waals surface area contributed by atoms with Crippen molar-refractivity contribution in [1.82, 2.24) is 14.8 Å². The largest absolute Gasteiger partial charge is 0.445 e. The Hall–Kier alpha value is -3.12. The molecule has 0 saturated carbocycles. The summed E-state index contributed by atoms with van der Waals surface area (Å²) in [5, 5.41) is 1.04. The summed E-state index contributed by atoms with van der Waals surface area (Å²) < 4.78 is 5.41. The maximum absolute atomic E-state index is 12.4. The summed E-state index contributed by atoms with van der Waals surface area (Å²) in [4.78, 5) is 31.6. The first-order valence-corrected chi connectivity index (χ1v) is 9.89. The van der Waals surface area contributed by atoms with E-state index in [0.717, 1.165) is 27.6 Å². The minimum atomic E-state index is -0.285. The second kappa shape index (κ2) is 8.49. The fourth-order valence-electron chi connectivity index (χ4n) is 3.62. The number of fused-ring (bicyclic) bond motifs is 1. The second-order valence-electron chi connectivity index (χ2n) is 7.52. The molecular formula is C23H25N3O3. The lowest BCUT2D eigenvalue weighted by molar-refractivity contribution is 0.0700. The van der Waals surface area contributed by atoms with E-state index in [1.807, 2.05) is 61.5 Å². The summed E-state index contributed by atoms with van der Waals surface area (Å²) in [7, 11) is 0. The average Bonchev–Trinajstić information content (AvgIpc) is 2.74. The number of amides is 1. The monoisotopic (exact) mass is 391 g/mol. The zero-order chi connectivity index (χ0) is 20.2. The first-order chi connectivity index (χ1) is 14.1. The van der Waals surface area contributed by atoms with Crippen molar-refractivity contribution in [3.8, 4) is 0 Å². The van der Waals surface area contributed by atoms with E-state index in [0.29, 0.717) is 32.7 Å². The van der Waals surface area contributed by atoms with Gasteiger partial charge in [-0.1, -0.05) is 42.5 Å². The molecular weight excluding hydrogens is 366 g/mol. The SMILES string of the molecule is Cc1ccc2cc(CN3CCN(C(=O)OCc4ccccc4)CC3)c(=O)[nH]c2c1. The van der Waals surface area contributed by atoms with Crippen molar-refractivity contribution in [3.05, 3.63) is 81.6 Å². The molecule has 0 aliphatic carbocycles. The van der Waals surface area contributed by atoms with E-state index in [2.05, 4.69) is 9.88 Å². The van der Waals surface area contributed by atoms with E-state index < -0.39 is 0 Å². The fourth-order valence-corrected chi connectivity index (χ4v) is 3.62. The minimum absolute atomic E-state index is 0.0483. The number of H-pyrrole nitrogens is 1. The van der Waals surface area contributed by atoms with E-state index in [9.17, 15) is 9.59 Å². The Kier molecular flexibility index (Phi) is 5.62. The molecule has 0 atom stereocenters. The van der Waals surface area contributed by atoms with Crippen molar-refractivity contribution in [2.75, 3.05) is 26.2 Å². The summed E-state index contributed by atoms with van der Waals surface area (Å²) in [5.41, 5.74) is 3.67. The van der Waals surface area contributed by atoms with E-state index in [4.69, 9.17) is 4.74 Å². The Morgan fingerprint density at radius 1 is 1.03 bits per heavy atom. The molecule has 0 spiro atoms. The van der Waals surface area contributed by atoms with Crippen LogP contribution in [0.1, 0.15) is 16.7 Å². The number of carbonyl (C=O) groups excluding carboxylic acids is 1. The Labute approximate surface area is 169 Å². The van der Waals surface area contributed by atoms with Crippen molar-refractivity contribution >= 4 is 17.0 Å². The van der Waals surface area contributed by atoms with Crippen LogP contribution in [0, 0.1) is 6.92 Å². The van der Waals surface area contributed by atoms with E-state index >= 15 is 0 Å². The molecule has 6 nitrogen and oxygen atoms in total. The van der Waals surface area contributed by atoms with Gasteiger partial charge >= 0.3 is 6.09 Å². The molecule has 4 rings (SSSR count). The molecule has 2 heterocycles. The molecule has 0 bridgehead atoms. The van der Waals surface area contributed by atoms with Crippen LogP contribution in [0.4, 0.5) is 4.79 Å². The van der Waals surface area contributed by atoms with Gasteiger partial charge < -0.3 is 14.6 Å². The highest BCUT2D eigenvalue weighted by Crippen LogP contribution is 2.15. The first-order valence-electron chi connectivity index (χ1n) is 9.89. The first kappa shape index (κ1) is 19.2.